The highest BCUT2D eigenvalue weighted by atomic mass is 32.1. The number of nitrogens with two attached hydrogens (primary N) is 1. The van der Waals surface area contributed by atoms with Crippen LogP contribution in [0, 0.1) is 0 Å². The van der Waals surface area contributed by atoms with Crippen LogP contribution in [-0.2, 0) is 4.79 Å². The SMILES string of the molecule is NC(C(=O)O)C1(S)CCCCC1. The molecule has 0 aromatic rings. The van der Waals surface area contributed by atoms with Crippen LogP contribution >= 0.6 is 12.6 Å². The zero-order chi connectivity index (χ0) is 9.19. The zero-order valence-corrected chi connectivity index (χ0v) is 7.89. The van der Waals surface area contributed by atoms with Crippen molar-refractivity contribution < 1.29 is 9.90 Å². The van der Waals surface area contributed by atoms with Gasteiger partial charge in [-0.05, 0) is 12.8 Å². The molecule has 0 radical (unpaired) electrons. The molecule has 4 heteroatoms. The van der Waals surface area contributed by atoms with Crippen molar-refractivity contribution in [2.24, 2.45) is 5.73 Å². The minimum atomic E-state index is -0.938. The van der Waals surface area contributed by atoms with Gasteiger partial charge in [0.25, 0.3) is 0 Å². The standard InChI is InChI=1S/C8H15NO2S/c9-6(7(10)11)8(12)4-2-1-3-5-8/h6,12H,1-5,9H2,(H,10,11). The van der Waals surface area contributed by atoms with Crippen LogP contribution < -0.4 is 5.73 Å². The third-order valence-corrected chi connectivity index (χ3v) is 3.29. The van der Waals surface area contributed by atoms with Crippen molar-refractivity contribution in [3.8, 4) is 0 Å². The lowest BCUT2D eigenvalue weighted by atomic mass is 9.83. The molecule has 1 saturated carbocycles. The van der Waals surface area contributed by atoms with E-state index in [0.717, 1.165) is 25.7 Å². The van der Waals surface area contributed by atoms with Gasteiger partial charge in [-0.1, -0.05) is 19.3 Å². The molecule has 1 atom stereocenters. The van der Waals surface area contributed by atoms with Gasteiger partial charge in [-0.2, -0.15) is 12.6 Å². The molecule has 0 aliphatic heterocycles. The molecular formula is C8H15NO2S. The lowest BCUT2D eigenvalue weighted by Gasteiger charge is -2.35. The molecule has 12 heavy (non-hydrogen) atoms. The fourth-order valence-corrected chi connectivity index (χ4v) is 2.13. The van der Waals surface area contributed by atoms with Crippen LogP contribution in [0.15, 0.2) is 0 Å². The van der Waals surface area contributed by atoms with Crippen LogP contribution in [0.3, 0.4) is 0 Å². The van der Waals surface area contributed by atoms with Crippen LogP contribution in [0.1, 0.15) is 32.1 Å². The Balaban J connectivity index is 2.62. The monoisotopic (exact) mass is 189 g/mol. The maximum atomic E-state index is 10.6. The van der Waals surface area contributed by atoms with Crippen LogP contribution in [0.2, 0.25) is 0 Å². The predicted octanol–water partition coefficient (Wildman–Crippen LogP) is 1.03. The molecule has 0 amide bonds. The van der Waals surface area contributed by atoms with Gasteiger partial charge in [-0.15, -0.1) is 0 Å². The Morgan fingerprint density at radius 1 is 1.42 bits per heavy atom. The molecule has 3 N–H and O–H groups in total. The van der Waals surface area contributed by atoms with Crippen LogP contribution in [0.4, 0.5) is 0 Å². The third-order valence-electron chi connectivity index (χ3n) is 2.56. The first-order chi connectivity index (χ1) is 5.56. The summed E-state index contributed by atoms with van der Waals surface area (Å²) in [7, 11) is 0. The topological polar surface area (TPSA) is 63.3 Å². The first-order valence-electron chi connectivity index (χ1n) is 4.27. The number of thiol groups is 1. The maximum absolute atomic E-state index is 10.6. The minimum absolute atomic E-state index is 0.468. The lowest BCUT2D eigenvalue weighted by Crippen LogP contribution is -2.50. The second-order valence-corrected chi connectivity index (χ2v) is 4.37. The quantitative estimate of drug-likeness (QED) is 0.568. The van der Waals surface area contributed by atoms with Crippen LogP contribution in [-0.4, -0.2) is 21.9 Å². The van der Waals surface area contributed by atoms with E-state index in [0.29, 0.717) is 0 Å². The highest BCUT2D eigenvalue weighted by Gasteiger charge is 2.38. The molecule has 0 saturated heterocycles. The highest BCUT2D eigenvalue weighted by Crippen LogP contribution is 2.35. The van der Waals surface area contributed by atoms with E-state index in [9.17, 15) is 4.79 Å². The van der Waals surface area contributed by atoms with Crippen LogP contribution in [0.25, 0.3) is 0 Å². The van der Waals surface area contributed by atoms with Crippen molar-refractivity contribution in [2.75, 3.05) is 0 Å². The van der Waals surface area contributed by atoms with E-state index in [1.807, 2.05) is 0 Å². The van der Waals surface area contributed by atoms with E-state index >= 15 is 0 Å². The Kier molecular flexibility index (Phi) is 3.01. The maximum Gasteiger partial charge on any atom is 0.321 e. The molecule has 1 unspecified atom stereocenters. The molecule has 0 aromatic heterocycles. The third kappa shape index (κ3) is 1.93. The summed E-state index contributed by atoms with van der Waals surface area (Å²) < 4.78 is -0.468. The van der Waals surface area contributed by atoms with Gasteiger partial charge in [0, 0.05) is 4.75 Å². The summed E-state index contributed by atoms with van der Waals surface area (Å²) >= 11 is 4.38. The second-order valence-electron chi connectivity index (χ2n) is 3.48. The fourth-order valence-electron chi connectivity index (χ4n) is 1.70. The molecule has 1 aliphatic rings. The number of rotatable bonds is 2. The molecule has 1 rings (SSSR count). The van der Waals surface area contributed by atoms with Crippen molar-refractivity contribution in [3.63, 3.8) is 0 Å². The average molecular weight is 189 g/mol. The summed E-state index contributed by atoms with van der Waals surface area (Å²) in [6.07, 6.45) is 4.91. The van der Waals surface area contributed by atoms with Gasteiger partial charge < -0.3 is 10.8 Å². The van der Waals surface area contributed by atoms with E-state index < -0.39 is 16.8 Å². The van der Waals surface area contributed by atoms with Gasteiger partial charge in [-0.3, -0.25) is 4.79 Å². The molecule has 70 valence electrons. The number of hydrogen-bond donors (Lipinski definition) is 3. The predicted molar refractivity (Wildman–Crippen MR) is 50.4 cm³/mol. The van der Waals surface area contributed by atoms with Crippen molar-refractivity contribution in [1.29, 1.82) is 0 Å². The van der Waals surface area contributed by atoms with Gasteiger partial charge in [-0.25, -0.2) is 0 Å². The summed E-state index contributed by atoms with van der Waals surface area (Å²) in [5.41, 5.74) is 5.55. The van der Waals surface area contributed by atoms with Gasteiger partial charge in [0.1, 0.15) is 6.04 Å². The summed E-state index contributed by atoms with van der Waals surface area (Å²) in [6.45, 7) is 0. The van der Waals surface area contributed by atoms with Crippen LogP contribution in [0.5, 0.6) is 0 Å². The van der Waals surface area contributed by atoms with Gasteiger partial charge in [0.05, 0.1) is 0 Å². The zero-order valence-electron chi connectivity index (χ0n) is 6.99. The Morgan fingerprint density at radius 3 is 2.33 bits per heavy atom. The summed E-state index contributed by atoms with van der Waals surface area (Å²) in [6, 6.07) is -0.818. The number of carboxylic acid groups (broad SMARTS) is 1. The van der Waals surface area contributed by atoms with E-state index in [1.165, 1.54) is 6.42 Å². The van der Waals surface area contributed by atoms with Gasteiger partial charge in [0.15, 0.2) is 0 Å². The second kappa shape index (κ2) is 3.66. The molecule has 3 nitrogen and oxygen atoms in total. The lowest BCUT2D eigenvalue weighted by molar-refractivity contribution is -0.139. The summed E-state index contributed by atoms with van der Waals surface area (Å²) in [5, 5.41) is 8.73. The molecular weight excluding hydrogens is 174 g/mol. The van der Waals surface area contributed by atoms with Crippen molar-refractivity contribution in [3.05, 3.63) is 0 Å². The first kappa shape index (κ1) is 9.86. The van der Waals surface area contributed by atoms with Crippen molar-refractivity contribution >= 4 is 18.6 Å². The normalized spacial score (nSPS) is 24.8. The summed E-state index contributed by atoms with van der Waals surface area (Å²) in [5.74, 6) is -0.938. The molecule has 1 aliphatic carbocycles. The Morgan fingerprint density at radius 2 is 1.92 bits per heavy atom. The minimum Gasteiger partial charge on any atom is -0.480 e. The Labute approximate surface area is 77.7 Å². The van der Waals surface area contributed by atoms with Gasteiger partial charge >= 0.3 is 5.97 Å². The van der Waals surface area contributed by atoms with E-state index in [2.05, 4.69) is 12.6 Å². The Hall–Kier alpha value is -0.220. The average Bonchev–Trinajstić information content (AvgIpc) is 2.04. The summed E-state index contributed by atoms with van der Waals surface area (Å²) in [4.78, 5) is 10.6. The first-order valence-corrected chi connectivity index (χ1v) is 4.72. The van der Waals surface area contributed by atoms with Gasteiger partial charge in [0.2, 0.25) is 0 Å². The largest absolute Gasteiger partial charge is 0.480 e. The molecule has 0 heterocycles. The van der Waals surface area contributed by atoms with Crippen molar-refractivity contribution in [2.45, 2.75) is 42.9 Å². The van der Waals surface area contributed by atoms with E-state index in [4.69, 9.17) is 10.8 Å². The molecule has 0 bridgehead atoms. The number of aliphatic carboxylic acids is 1. The Bertz CT molecular complexity index is 178. The fraction of sp³-hybridized carbons (Fsp3) is 0.875. The van der Waals surface area contributed by atoms with E-state index in [1.54, 1.807) is 0 Å². The molecule has 1 fully saturated rings. The molecule has 0 spiro atoms. The van der Waals surface area contributed by atoms with Crippen molar-refractivity contribution in [1.82, 2.24) is 0 Å². The highest BCUT2D eigenvalue weighted by molar-refractivity contribution is 7.82. The molecule has 0 aromatic carbocycles. The van der Waals surface area contributed by atoms with E-state index in [-0.39, 0.29) is 0 Å². The number of carboxylic acids is 1. The number of carbonyl (C=O) groups is 1. The number of hydrogen-bond acceptors (Lipinski definition) is 3. The smallest absolute Gasteiger partial charge is 0.321 e.